The van der Waals surface area contributed by atoms with Gasteiger partial charge in [0, 0.05) is 17.5 Å². The van der Waals surface area contributed by atoms with Crippen LogP contribution in [0.2, 0.25) is 0 Å². The van der Waals surface area contributed by atoms with Gasteiger partial charge in [-0.05, 0) is 30.9 Å². The zero-order valence-corrected chi connectivity index (χ0v) is 10.1. The first-order chi connectivity index (χ1) is 8.84. The van der Waals surface area contributed by atoms with Gasteiger partial charge in [0.15, 0.2) is 5.78 Å². The van der Waals surface area contributed by atoms with Gasteiger partial charge >= 0.3 is 0 Å². The van der Waals surface area contributed by atoms with Crippen LogP contribution >= 0.6 is 0 Å². The van der Waals surface area contributed by atoms with Gasteiger partial charge in [-0.2, -0.15) is 0 Å². The number of ketones is 1. The van der Waals surface area contributed by atoms with E-state index in [1.54, 1.807) is 0 Å². The third kappa shape index (κ3) is 1.44. The van der Waals surface area contributed by atoms with Crippen molar-refractivity contribution in [2.45, 2.75) is 18.9 Å². The summed E-state index contributed by atoms with van der Waals surface area (Å²) < 4.78 is 5.65. The van der Waals surface area contributed by atoms with E-state index in [1.807, 2.05) is 30.3 Å². The monoisotopic (exact) mass is 241 g/mol. The molecule has 4 rings (SSSR count). The fourth-order valence-electron chi connectivity index (χ4n) is 3.18. The summed E-state index contributed by atoms with van der Waals surface area (Å²) >= 11 is 0. The molecule has 0 spiro atoms. The summed E-state index contributed by atoms with van der Waals surface area (Å²) in [5, 5.41) is 1.10. The second-order valence-electron chi connectivity index (χ2n) is 5.30. The summed E-state index contributed by atoms with van der Waals surface area (Å²) in [6.07, 6.45) is 2.43. The molecule has 2 heterocycles. The Kier molecular flexibility index (Phi) is 2.12. The molecule has 1 aliphatic carbocycles. The van der Waals surface area contributed by atoms with Crippen molar-refractivity contribution in [2.24, 2.45) is 11.8 Å². The number of H-pyrrole nitrogens is 1. The summed E-state index contributed by atoms with van der Waals surface area (Å²) in [7, 11) is 0. The molecule has 0 amide bonds. The number of carbonyl (C=O) groups excluding carboxylic acids is 1. The van der Waals surface area contributed by atoms with E-state index in [-0.39, 0.29) is 17.8 Å². The summed E-state index contributed by atoms with van der Waals surface area (Å²) in [6.45, 7) is 0.817. The molecule has 1 saturated heterocycles. The number of carbonyl (C=O) groups is 1. The lowest BCUT2D eigenvalue weighted by Gasteiger charge is -2.07. The number of fused-ring (bicyclic) bond motifs is 2. The fraction of sp³-hybridized carbons (Fsp3) is 0.400. The van der Waals surface area contributed by atoms with E-state index in [2.05, 4.69) is 4.98 Å². The van der Waals surface area contributed by atoms with Gasteiger partial charge in [0.05, 0.1) is 17.7 Å². The first kappa shape index (κ1) is 10.3. The van der Waals surface area contributed by atoms with E-state index in [9.17, 15) is 4.79 Å². The van der Waals surface area contributed by atoms with E-state index in [0.29, 0.717) is 5.92 Å². The number of aromatic amines is 1. The molecule has 0 radical (unpaired) electrons. The molecule has 2 aromatic rings. The van der Waals surface area contributed by atoms with Crippen molar-refractivity contribution >= 4 is 16.7 Å². The smallest absolute Gasteiger partial charge is 0.185 e. The van der Waals surface area contributed by atoms with Gasteiger partial charge in [-0.1, -0.05) is 18.2 Å². The van der Waals surface area contributed by atoms with Gasteiger partial charge in [0.2, 0.25) is 0 Å². The highest BCUT2D eigenvalue weighted by Crippen LogP contribution is 2.49. The predicted molar refractivity (Wildman–Crippen MR) is 68.6 cm³/mol. The number of ether oxygens (including phenoxy) is 1. The normalized spacial score (nSPS) is 30.1. The first-order valence-electron chi connectivity index (χ1n) is 6.58. The average molecular weight is 241 g/mol. The minimum absolute atomic E-state index is 0.0977. The molecule has 1 N–H and O–H groups in total. The molecule has 3 nitrogen and oxygen atoms in total. The Labute approximate surface area is 105 Å². The van der Waals surface area contributed by atoms with Crippen LogP contribution in [0.3, 0.4) is 0 Å². The average Bonchev–Trinajstić information content (AvgIpc) is 2.97. The molecule has 92 valence electrons. The molecule has 1 aliphatic heterocycles. The zero-order chi connectivity index (χ0) is 12.1. The van der Waals surface area contributed by atoms with Crippen LogP contribution < -0.4 is 0 Å². The van der Waals surface area contributed by atoms with E-state index in [1.165, 1.54) is 0 Å². The number of hydrogen-bond donors (Lipinski definition) is 1. The minimum Gasteiger partial charge on any atom is -0.377 e. The van der Waals surface area contributed by atoms with Crippen molar-refractivity contribution in [3.63, 3.8) is 0 Å². The maximum atomic E-state index is 12.4. The number of para-hydroxylation sites is 1. The molecular weight excluding hydrogens is 226 g/mol. The molecule has 2 fully saturated rings. The quantitative estimate of drug-likeness (QED) is 0.821. The Hall–Kier alpha value is -1.61. The number of hydrogen-bond acceptors (Lipinski definition) is 2. The molecule has 1 saturated carbocycles. The molecule has 0 unspecified atom stereocenters. The molecule has 1 aromatic carbocycles. The SMILES string of the molecule is O=C(c1cc2ccccc2[nH]1)[C@@H]1[C@H]2CCCO[C@H]21. The maximum absolute atomic E-state index is 12.4. The van der Waals surface area contributed by atoms with E-state index < -0.39 is 0 Å². The second-order valence-corrected chi connectivity index (χ2v) is 5.30. The zero-order valence-electron chi connectivity index (χ0n) is 10.1. The van der Waals surface area contributed by atoms with Crippen LogP contribution in [0.25, 0.3) is 10.9 Å². The van der Waals surface area contributed by atoms with Crippen molar-refractivity contribution in [3.8, 4) is 0 Å². The summed E-state index contributed by atoms with van der Waals surface area (Å²) in [5.74, 6) is 0.793. The Balaban J connectivity index is 1.65. The van der Waals surface area contributed by atoms with Gasteiger partial charge in [-0.3, -0.25) is 4.79 Å². The van der Waals surface area contributed by atoms with Crippen LogP contribution in [-0.4, -0.2) is 23.5 Å². The van der Waals surface area contributed by atoms with E-state index in [0.717, 1.165) is 36.0 Å². The van der Waals surface area contributed by atoms with Gasteiger partial charge in [-0.15, -0.1) is 0 Å². The van der Waals surface area contributed by atoms with Crippen molar-refractivity contribution in [1.82, 2.24) is 4.98 Å². The van der Waals surface area contributed by atoms with Gasteiger partial charge < -0.3 is 9.72 Å². The third-order valence-electron chi connectivity index (χ3n) is 4.19. The molecule has 3 heteroatoms. The molecule has 3 atom stereocenters. The predicted octanol–water partition coefficient (Wildman–Crippen LogP) is 2.78. The second kappa shape index (κ2) is 3.69. The highest BCUT2D eigenvalue weighted by molar-refractivity contribution is 6.02. The topological polar surface area (TPSA) is 42.1 Å². The van der Waals surface area contributed by atoms with Crippen LogP contribution in [0.1, 0.15) is 23.3 Å². The van der Waals surface area contributed by atoms with Crippen LogP contribution in [-0.2, 0) is 4.74 Å². The van der Waals surface area contributed by atoms with Crippen molar-refractivity contribution in [2.75, 3.05) is 6.61 Å². The summed E-state index contributed by atoms with van der Waals surface area (Å²) in [5.41, 5.74) is 1.77. The lowest BCUT2D eigenvalue weighted by atomic mass is 10.1. The van der Waals surface area contributed by atoms with Crippen LogP contribution in [0.15, 0.2) is 30.3 Å². The number of rotatable bonds is 2. The van der Waals surface area contributed by atoms with Gasteiger partial charge in [0.25, 0.3) is 0 Å². The largest absolute Gasteiger partial charge is 0.377 e. The maximum Gasteiger partial charge on any atom is 0.185 e. The highest BCUT2D eigenvalue weighted by atomic mass is 16.5. The van der Waals surface area contributed by atoms with Crippen molar-refractivity contribution in [1.29, 1.82) is 0 Å². The van der Waals surface area contributed by atoms with Crippen LogP contribution in [0.5, 0.6) is 0 Å². The van der Waals surface area contributed by atoms with Crippen LogP contribution in [0.4, 0.5) is 0 Å². The lowest BCUT2D eigenvalue weighted by molar-refractivity contribution is 0.0709. The molecule has 0 bridgehead atoms. The Morgan fingerprint density at radius 2 is 2.22 bits per heavy atom. The summed E-state index contributed by atoms with van der Waals surface area (Å²) in [4.78, 5) is 15.7. The Morgan fingerprint density at radius 3 is 3.00 bits per heavy atom. The van der Waals surface area contributed by atoms with Crippen molar-refractivity contribution < 1.29 is 9.53 Å². The van der Waals surface area contributed by atoms with E-state index in [4.69, 9.17) is 4.74 Å². The number of Topliss-reactive ketones (excluding diaryl/α,β-unsaturated/α-hetero) is 1. The number of aromatic nitrogens is 1. The van der Waals surface area contributed by atoms with Gasteiger partial charge in [-0.25, -0.2) is 0 Å². The molecule has 1 aromatic heterocycles. The molecule has 18 heavy (non-hydrogen) atoms. The molecular formula is C15H15NO2. The molecule has 2 aliphatic rings. The van der Waals surface area contributed by atoms with E-state index >= 15 is 0 Å². The van der Waals surface area contributed by atoms with Crippen molar-refractivity contribution in [3.05, 3.63) is 36.0 Å². The fourth-order valence-corrected chi connectivity index (χ4v) is 3.18. The first-order valence-corrected chi connectivity index (χ1v) is 6.58. The third-order valence-corrected chi connectivity index (χ3v) is 4.19. The van der Waals surface area contributed by atoms with Gasteiger partial charge in [0.1, 0.15) is 0 Å². The standard InChI is InChI=1S/C15H15NO2/c17-14(13-10-5-3-7-18-15(10)13)12-8-9-4-1-2-6-11(9)16-12/h1-2,4,6,8,10,13,15-16H,3,5,7H2/t10-,13+,15-/m1/s1. The Bertz CT molecular complexity index is 571. The summed E-state index contributed by atoms with van der Waals surface area (Å²) in [6, 6.07) is 9.96. The number of benzene rings is 1. The minimum atomic E-state index is 0.0977. The van der Waals surface area contributed by atoms with Crippen LogP contribution in [0, 0.1) is 11.8 Å². The Morgan fingerprint density at radius 1 is 1.33 bits per heavy atom. The number of nitrogens with one attached hydrogen (secondary N) is 1. The highest BCUT2D eigenvalue weighted by Gasteiger charge is 2.56. The lowest BCUT2D eigenvalue weighted by Crippen LogP contribution is -2.08.